The fourth-order valence-corrected chi connectivity index (χ4v) is 6.65. The first kappa shape index (κ1) is 30.6. The number of imide groups is 1. The molecule has 0 spiro atoms. The Labute approximate surface area is 240 Å². The number of benzene rings is 1. The number of alkyl halides is 6. The highest BCUT2D eigenvalue weighted by atomic mass is 19.4. The Hall–Kier alpha value is -2.83. The first-order valence-corrected chi connectivity index (χ1v) is 14.7. The van der Waals surface area contributed by atoms with Crippen LogP contribution >= 0.6 is 0 Å². The second-order valence-corrected chi connectivity index (χ2v) is 12.3. The molecule has 7 nitrogen and oxygen atoms in total. The minimum absolute atomic E-state index is 0.00739. The number of fused-ring (bicyclic) bond motifs is 1. The van der Waals surface area contributed by atoms with Gasteiger partial charge in [0.1, 0.15) is 6.04 Å². The maximum Gasteiger partial charge on any atom is 0.395 e. The number of rotatable bonds is 10. The average Bonchev–Trinajstić information content (AvgIpc) is 3.65. The van der Waals surface area contributed by atoms with Crippen LogP contribution in [0.4, 0.5) is 32.0 Å². The predicted octanol–water partition coefficient (Wildman–Crippen LogP) is 5.45. The molecule has 2 atom stereocenters. The van der Waals surface area contributed by atoms with Crippen molar-refractivity contribution in [2.24, 2.45) is 11.3 Å². The standard InChI is InChI=1S/C29H36F6N4O3/c30-28(31,32)12-2-5-21(17-6-8-18(9-7-17)36-16-27(13-14-27)29(33,34)35)37-22-4-1-3-19-20(22)15-39(26(19)42)23-10-11-24(40)38-25(23)41/h1,3-4,17-18,21,23,36-37H,2,5-16H2,(H,38,40,41)/t17?,18?,21-,23-/m0/s1. The van der Waals surface area contributed by atoms with Gasteiger partial charge in [-0.05, 0) is 75.8 Å². The van der Waals surface area contributed by atoms with Crippen molar-refractivity contribution in [3.63, 3.8) is 0 Å². The van der Waals surface area contributed by atoms with Crippen molar-refractivity contribution in [1.82, 2.24) is 15.5 Å². The molecule has 1 saturated heterocycles. The SMILES string of the molecule is O=C1CC[C@H](N2Cc3c(N[C@@H](CCCC(F)(F)F)C4CCC(NCC5(C(F)(F)F)CC5)CC4)cccc3C2=O)C(=O)N1. The molecule has 1 aromatic rings. The van der Waals surface area contributed by atoms with Crippen LogP contribution in [0.5, 0.6) is 0 Å². The molecule has 0 unspecified atom stereocenters. The van der Waals surface area contributed by atoms with Crippen LogP contribution in [0.2, 0.25) is 0 Å². The second-order valence-electron chi connectivity index (χ2n) is 12.3. The van der Waals surface area contributed by atoms with Gasteiger partial charge >= 0.3 is 12.4 Å². The normalized spacial score (nSPS) is 26.6. The lowest BCUT2D eigenvalue weighted by atomic mass is 9.79. The van der Waals surface area contributed by atoms with Gasteiger partial charge in [-0.1, -0.05) is 6.07 Å². The fourth-order valence-electron chi connectivity index (χ4n) is 6.65. The zero-order valence-corrected chi connectivity index (χ0v) is 23.2. The van der Waals surface area contributed by atoms with E-state index in [9.17, 15) is 40.7 Å². The van der Waals surface area contributed by atoms with E-state index in [1.165, 1.54) is 4.90 Å². The highest BCUT2D eigenvalue weighted by Crippen LogP contribution is 2.57. The number of anilines is 1. The Morgan fingerprint density at radius 1 is 1.00 bits per heavy atom. The maximum atomic E-state index is 13.3. The quantitative estimate of drug-likeness (QED) is 0.245. The van der Waals surface area contributed by atoms with E-state index in [0.717, 1.165) is 0 Å². The van der Waals surface area contributed by atoms with Gasteiger partial charge in [-0.3, -0.25) is 19.7 Å². The van der Waals surface area contributed by atoms with E-state index in [0.29, 0.717) is 42.5 Å². The van der Waals surface area contributed by atoms with Gasteiger partial charge in [-0.15, -0.1) is 0 Å². The van der Waals surface area contributed by atoms with Crippen LogP contribution in [0.3, 0.4) is 0 Å². The summed E-state index contributed by atoms with van der Waals surface area (Å²) in [4.78, 5) is 38.7. The molecule has 4 aliphatic rings. The third-order valence-electron chi connectivity index (χ3n) is 9.42. The van der Waals surface area contributed by atoms with E-state index >= 15 is 0 Å². The molecule has 3 N–H and O–H groups in total. The number of nitrogens with one attached hydrogen (secondary N) is 3. The van der Waals surface area contributed by atoms with Gasteiger partial charge in [0.2, 0.25) is 11.8 Å². The Kier molecular flexibility index (Phi) is 8.52. The van der Waals surface area contributed by atoms with Crippen molar-refractivity contribution in [1.29, 1.82) is 0 Å². The number of nitrogens with zero attached hydrogens (tertiary/aromatic N) is 1. The van der Waals surface area contributed by atoms with Gasteiger partial charge in [0, 0.05) is 54.8 Å². The highest BCUT2D eigenvalue weighted by molar-refractivity contribution is 6.06. The predicted molar refractivity (Wildman–Crippen MR) is 141 cm³/mol. The number of hydrogen-bond acceptors (Lipinski definition) is 5. The first-order valence-electron chi connectivity index (χ1n) is 14.7. The van der Waals surface area contributed by atoms with Crippen LogP contribution in [0, 0.1) is 11.3 Å². The average molecular weight is 603 g/mol. The lowest BCUT2D eigenvalue weighted by Crippen LogP contribution is -2.52. The largest absolute Gasteiger partial charge is 0.395 e. The summed E-state index contributed by atoms with van der Waals surface area (Å²) in [5.74, 6) is -1.24. The van der Waals surface area contributed by atoms with Gasteiger partial charge in [0.05, 0.1) is 5.41 Å². The number of piperidine rings is 1. The summed E-state index contributed by atoms with van der Waals surface area (Å²) in [5, 5.41) is 8.80. The van der Waals surface area contributed by atoms with Crippen LogP contribution in [-0.4, -0.2) is 59.6 Å². The zero-order valence-electron chi connectivity index (χ0n) is 23.2. The summed E-state index contributed by atoms with van der Waals surface area (Å²) in [6.07, 6.45) is -6.10. The molecule has 3 fully saturated rings. The lowest BCUT2D eigenvalue weighted by molar-refractivity contribution is -0.186. The molecule has 0 bridgehead atoms. The van der Waals surface area contributed by atoms with Gasteiger partial charge in [0.15, 0.2) is 0 Å². The summed E-state index contributed by atoms with van der Waals surface area (Å²) in [6, 6.07) is 3.93. The zero-order chi connectivity index (χ0) is 30.3. The van der Waals surface area contributed by atoms with Crippen molar-refractivity contribution in [2.45, 2.75) is 108 Å². The minimum atomic E-state index is -4.29. The van der Waals surface area contributed by atoms with Crippen LogP contribution in [0.15, 0.2) is 18.2 Å². The van der Waals surface area contributed by atoms with E-state index in [4.69, 9.17) is 0 Å². The Balaban J connectivity index is 1.25. The molecule has 13 heteroatoms. The maximum absolute atomic E-state index is 13.3. The number of carbonyl (C=O) groups excluding carboxylic acids is 3. The Morgan fingerprint density at radius 2 is 1.71 bits per heavy atom. The molecule has 42 heavy (non-hydrogen) atoms. The summed E-state index contributed by atoms with van der Waals surface area (Å²) >= 11 is 0. The van der Waals surface area contributed by atoms with E-state index in [2.05, 4.69) is 16.0 Å². The Bertz CT molecular complexity index is 1190. The molecule has 2 aliphatic carbocycles. The second kappa shape index (κ2) is 11.7. The molecule has 0 radical (unpaired) electrons. The van der Waals surface area contributed by atoms with Crippen LogP contribution < -0.4 is 16.0 Å². The van der Waals surface area contributed by atoms with Crippen molar-refractivity contribution < 1.29 is 40.7 Å². The van der Waals surface area contributed by atoms with E-state index in [-0.39, 0.29) is 81.4 Å². The van der Waals surface area contributed by atoms with Crippen LogP contribution in [0.25, 0.3) is 0 Å². The summed E-state index contributed by atoms with van der Waals surface area (Å²) < 4.78 is 78.9. The topological polar surface area (TPSA) is 90.5 Å². The summed E-state index contributed by atoms with van der Waals surface area (Å²) in [5.41, 5.74) is 0.0579. The van der Waals surface area contributed by atoms with Crippen molar-refractivity contribution in [3.05, 3.63) is 29.3 Å². The van der Waals surface area contributed by atoms with Gasteiger partial charge in [-0.25, -0.2) is 0 Å². The summed E-state index contributed by atoms with van der Waals surface area (Å²) in [7, 11) is 0. The molecular formula is C29H36F6N4O3. The number of hydrogen-bond donors (Lipinski definition) is 3. The third kappa shape index (κ3) is 6.70. The third-order valence-corrected chi connectivity index (χ3v) is 9.42. The fraction of sp³-hybridized carbons (Fsp3) is 0.690. The number of carbonyl (C=O) groups is 3. The highest BCUT2D eigenvalue weighted by Gasteiger charge is 2.62. The molecule has 232 valence electrons. The smallest absolute Gasteiger partial charge is 0.382 e. The molecule has 2 saturated carbocycles. The van der Waals surface area contributed by atoms with E-state index < -0.39 is 36.1 Å². The molecule has 0 aromatic heterocycles. The minimum Gasteiger partial charge on any atom is -0.382 e. The molecule has 5 rings (SSSR count). The van der Waals surface area contributed by atoms with Gasteiger partial charge < -0.3 is 15.5 Å². The van der Waals surface area contributed by atoms with Crippen LogP contribution in [-0.2, 0) is 16.1 Å². The van der Waals surface area contributed by atoms with E-state index in [1.54, 1.807) is 18.2 Å². The monoisotopic (exact) mass is 602 g/mol. The van der Waals surface area contributed by atoms with Crippen LogP contribution in [0.1, 0.15) is 86.6 Å². The van der Waals surface area contributed by atoms with Gasteiger partial charge in [-0.2, -0.15) is 26.3 Å². The Morgan fingerprint density at radius 3 is 2.33 bits per heavy atom. The van der Waals surface area contributed by atoms with Crippen molar-refractivity contribution in [2.75, 3.05) is 11.9 Å². The molecular weight excluding hydrogens is 566 g/mol. The van der Waals surface area contributed by atoms with Crippen molar-refractivity contribution >= 4 is 23.4 Å². The lowest BCUT2D eigenvalue weighted by Gasteiger charge is -2.36. The molecule has 2 aliphatic heterocycles. The molecule has 1 aromatic carbocycles. The van der Waals surface area contributed by atoms with Gasteiger partial charge in [0.25, 0.3) is 5.91 Å². The van der Waals surface area contributed by atoms with E-state index in [1.807, 2.05) is 0 Å². The van der Waals surface area contributed by atoms with Crippen molar-refractivity contribution in [3.8, 4) is 0 Å². The summed E-state index contributed by atoms with van der Waals surface area (Å²) in [6.45, 7) is 0.0312. The first-order chi connectivity index (χ1) is 19.8. The molecule has 2 heterocycles. The number of halogens is 6. The number of amides is 3. The molecule has 3 amide bonds.